The van der Waals surface area contributed by atoms with Gasteiger partial charge in [-0.05, 0) is 36.4 Å². The summed E-state index contributed by atoms with van der Waals surface area (Å²) in [5.41, 5.74) is -0.0969. The molecule has 0 saturated carbocycles. The molecule has 8 nitrogen and oxygen atoms in total. The van der Waals surface area contributed by atoms with E-state index in [0.29, 0.717) is 32.0 Å². The average Bonchev–Trinajstić information content (AvgIpc) is 3.31. The molecule has 1 fully saturated rings. The number of halogens is 2. The second-order valence-corrected chi connectivity index (χ2v) is 8.53. The molecule has 0 bridgehead atoms. The molecule has 1 saturated heterocycles. The number of rotatable bonds is 5. The monoisotopic (exact) mass is 448 g/mol. The van der Waals surface area contributed by atoms with Crippen LogP contribution in [0.4, 0.5) is 20.3 Å². The molecule has 1 N–H and O–H groups in total. The Morgan fingerprint density at radius 2 is 1.81 bits per heavy atom. The van der Waals surface area contributed by atoms with Crippen LogP contribution in [0.3, 0.4) is 0 Å². The Hall–Kier alpha value is -3.47. The van der Waals surface area contributed by atoms with Crippen LogP contribution in [0.1, 0.15) is 10.6 Å². The predicted molar refractivity (Wildman–Crippen MR) is 108 cm³/mol. The standard InChI is InChI=1S/C20H18F2N4O4S/c21-16-5-3-14(12-17(16)22)24-31(28,29)15-4-6-19(23-13-15)25-7-9-26(10-8-25)20(27)18-2-1-11-30-18/h1-6,11-13,24H,7-10H2. The number of furan rings is 1. The van der Waals surface area contributed by atoms with Crippen molar-refractivity contribution in [3.63, 3.8) is 0 Å². The number of hydrogen-bond acceptors (Lipinski definition) is 6. The lowest BCUT2D eigenvalue weighted by Crippen LogP contribution is -2.49. The van der Waals surface area contributed by atoms with E-state index >= 15 is 0 Å². The Morgan fingerprint density at radius 1 is 1.03 bits per heavy atom. The van der Waals surface area contributed by atoms with E-state index < -0.39 is 21.7 Å². The highest BCUT2D eigenvalue weighted by Gasteiger charge is 2.25. The zero-order valence-corrected chi connectivity index (χ0v) is 17.0. The number of carbonyl (C=O) groups is 1. The maximum Gasteiger partial charge on any atom is 0.289 e. The van der Waals surface area contributed by atoms with E-state index in [1.165, 1.54) is 18.5 Å². The summed E-state index contributed by atoms with van der Waals surface area (Å²) in [6, 6.07) is 8.94. The van der Waals surface area contributed by atoms with Gasteiger partial charge < -0.3 is 14.2 Å². The lowest BCUT2D eigenvalue weighted by Gasteiger charge is -2.35. The Morgan fingerprint density at radius 3 is 2.42 bits per heavy atom. The minimum Gasteiger partial charge on any atom is -0.459 e. The van der Waals surface area contributed by atoms with Gasteiger partial charge in [-0.25, -0.2) is 22.2 Å². The molecule has 1 aromatic carbocycles. The molecule has 0 atom stereocenters. The van der Waals surface area contributed by atoms with Gasteiger partial charge in [0.1, 0.15) is 10.7 Å². The number of aromatic nitrogens is 1. The summed E-state index contributed by atoms with van der Waals surface area (Å²) in [6.07, 6.45) is 2.64. The molecule has 3 aromatic rings. The van der Waals surface area contributed by atoms with Gasteiger partial charge >= 0.3 is 0 Å². The minimum absolute atomic E-state index is 0.0969. The maximum atomic E-state index is 13.3. The SMILES string of the molecule is O=C(c1ccco1)N1CCN(c2ccc(S(=O)(=O)Nc3ccc(F)c(F)c3)cn2)CC1. The Balaban J connectivity index is 1.40. The molecule has 0 aliphatic carbocycles. The number of piperazine rings is 1. The quantitative estimate of drug-likeness (QED) is 0.645. The van der Waals surface area contributed by atoms with E-state index in [1.54, 1.807) is 23.1 Å². The molecule has 162 valence electrons. The third kappa shape index (κ3) is 4.50. The van der Waals surface area contributed by atoms with Gasteiger partial charge in [0.25, 0.3) is 15.9 Å². The van der Waals surface area contributed by atoms with Gasteiger partial charge in [-0.2, -0.15) is 0 Å². The average molecular weight is 448 g/mol. The molecule has 0 radical (unpaired) electrons. The first-order chi connectivity index (χ1) is 14.8. The number of amides is 1. The van der Waals surface area contributed by atoms with Crippen molar-refractivity contribution in [1.82, 2.24) is 9.88 Å². The van der Waals surface area contributed by atoms with E-state index in [1.807, 2.05) is 4.90 Å². The van der Waals surface area contributed by atoms with Crippen molar-refractivity contribution < 1.29 is 26.4 Å². The highest BCUT2D eigenvalue weighted by molar-refractivity contribution is 7.92. The van der Waals surface area contributed by atoms with Crippen molar-refractivity contribution >= 4 is 27.4 Å². The van der Waals surface area contributed by atoms with Crippen LogP contribution in [0.2, 0.25) is 0 Å². The van der Waals surface area contributed by atoms with Crippen LogP contribution in [-0.2, 0) is 10.0 Å². The van der Waals surface area contributed by atoms with Gasteiger partial charge in [-0.1, -0.05) is 0 Å². The topological polar surface area (TPSA) is 95.8 Å². The van der Waals surface area contributed by atoms with Crippen molar-refractivity contribution in [3.8, 4) is 0 Å². The molecule has 3 heterocycles. The van der Waals surface area contributed by atoms with E-state index in [-0.39, 0.29) is 22.3 Å². The molecule has 1 amide bonds. The van der Waals surface area contributed by atoms with E-state index in [2.05, 4.69) is 9.71 Å². The molecular formula is C20H18F2N4O4S. The summed E-state index contributed by atoms with van der Waals surface area (Å²) < 4.78 is 58.6. The van der Waals surface area contributed by atoms with Gasteiger partial charge in [0.2, 0.25) is 0 Å². The number of anilines is 2. The zero-order chi connectivity index (χ0) is 22.0. The first-order valence-electron chi connectivity index (χ1n) is 9.35. The molecule has 1 aliphatic rings. The number of nitrogens with one attached hydrogen (secondary N) is 1. The van der Waals surface area contributed by atoms with Crippen LogP contribution in [0, 0.1) is 11.6 Å². The van der Waals surface area contributed by atoms with Gasteiger partial charge in [-0.3, -0.25) is 9.52 Å². The van der Waals surface area contributed by atoms with Gasteiger partial charge in [0.15, 0.2) is 17.4 Å². The Kier molecular flexibility index (Phi) is 5.59. The number of pyridine rings is 1. The van der Waals surface area contributed by atoms with Crippen LogP contribution in [-0.4, -0.2) is 50.4 Å². The van der Waals surface area contributed by atoms with Crippen molar-refractivity contribution in [3.05, 3.63) is 72.3 Å². The fraction of sp³-hybridized carbons (Fsp3) is 0.200. The summed E-state index contributed by atoms with van der Waals surface area (Å²) in [7, 11) is -4.02. The fourth-order valence-corrected chi connectivity index (χ4v) is 4.18. The maximum absolute atomic E-state index is 13.3. The molecule has 2 aromatic heterocycles. The molecule has 4 rings (SSSR count). The van der Waals surface area contributed by atoms with Gasteiger partial charge in [0, 0.05) is 38.4 Å². The van der Waals surface area contributed by atoms with E-state index in [4.69, 9.17) is 4.42 Å². The fourth-order valence-electron chi connectivity index (χ4n) is 3.19. The molecule has 11 heteroatoms. The number of benzene rings is 1. The van der Waals surface area contributed by atoms with Gasteiger partial charge in [-0.15, -0.1) is 0 Å². The molecule has 31 heavy (non-hydrogen) atoms. The Bertz CT molecular complexity index is 1180. The summed E-state index contributed by atoms with van der Waals surface area (Å²) in [4.78, 5) is 20.0. The number of nitrogens with zero attached hydrogens (tertiary/aromatic N) is 3. The van der Waals surface area contributed by atoms with Crippen molar-refractivity contribution in [2.45, 2.75) is 4.90 Å². The highest BCUT2D eigenvalue weighted by atomic mass is 32.2. The third-order valence-corrected chi connectivity index (χ3v) is 6.19. The number of sulfonamides is 1. The summed E-state index contributed by atoms with van der Waals surface area (Å²) >= 11 is 0. The predicted octanol–water partition coefficient (Wildman–Crippen LogP) is 2.72. The lowest BCUT2D eigenvalue weighted by molar-refractivity contribution is 0.0714. The summed E-state index contributed by atoms with van der Waals surface area (Å²) in [6.45, 7) is 2.00. The van der Waals surface area contributed by atoms with Crippen LogP contribution < -0.4 is 9.62 Å². The number of hydrogen-bond donors (Lipinski definition) is 1. The van der Waals surface area contributed by atoms with E-state index in [9.17, 15) is 22.0 Å². The van der Waals surface area contributed by atoms with Crippen molar-refractivity contribution in [2.75, 3.05) is 35.8 Å². The second-order valence-electron chi connectivity index (χ2n) is 6.84. The minimum atomic E-state index is -4.02. The molecule has 0 unspecified atom stereocenters. The first-order valence-corrected chi connectivity index (χ1v) is 10.8. The summed E-state index contributed by atoms with van der Waals surface area (Å²) in [5, 5.41) is 0. The second kappa shape index (κ2) is 8.34. The third-order valence-electron chi connectivity index (χ3n) is 4.83. The zero-order valence-electron chi connectivity index (χ0n) is 16.2. The molecule has 0 spiro atoms. The van der Waals surface area contributed by atoms with Crippen LogP contribution in [0.15, 0.2) is 64.2 Å². The van der Waals surface area contributed by atoms with Crippen LogP contribution in [0.5, 0.6) is 0 Å². The molecular weight excluding hydrogens is 430 g/mol. The summed E-state index contributed by atoms with van der Waals surface area (Å²) in [5.74, 6) is -1.55. The van der Waals surface area contributed by atoms with Crippen molar-refractivity contribution in [2.24, 2.45) is 0 Å². The normalized spacial score (nSPS) is 14.5. The smallest absolute Gasteiger partial charge is 0.289 e. The highest BCUT2D eigenvalue weighted by Crippen LogP contribution is 2.21. The lowest BCUT2D eigenvalue weighted by atomic mass is 10.2. The van der Waals surface area contributed by atoms with E-state index in [0.717, 1.165) is 18.2 Å². The van der Waals surface area contributed by atoms with Crippen molar-refractivity contribution in [1.29, 1.82) is 0 Å². The van der Waals surface area contributed by atoms with Crippen LogP contribution in [0.25, 0.3) is 0 Å². The Labute approximate surface area is 177 Å². The largest absolute Gasteiger partial charge is 0.459 e. The first kappa shape index (κ1) is 20.8. The van der Waals surface area contributed by atoms with Crippen LogP contribution >= 0.6 is 0 Å². The molecule has 1 aliphatic heterocycles. The van der Waals surface area contributed by atoms with Gasteiger partial charge in [0.05, 0.1) is 12.0 Å². The number of carbonyl (C=O) groups excluding carboxylic acids is 1.